The lowest BCUT2D eigenvalue weighted by molar-refractivity contribution is -0.128. The number of hydrogen-bond donors (Lipinski definition) is 1. The molecule has 4 fully saturated rings. The van der Waals surface area contributed by atoms with Gasteiger partial charge in [-0.05, 0) is 86.8 Å². The smallest absolute Gasteiger partial charge is 0.227 e. The molecular weight excluding hydrogens is 400 g/mol. The molecule has 4 saturated carbocycles. The van der Waals surface area contributed by atoms with Crippen molar-refractivity contribution < 1.29 is 14.3 Å². The van der Waals surface area contributed by atoms with E-state index in [0.717, 1.165) is 17.8 Å². The standard InChI is InChI=1S/C24H31ClN2O3/c1-15(24-12-16-8-17(13-24)10-18(9-16)14-24)26-22(28)4-5-23(29)27-6-7-30-21-3-2-19(25)11-20(21)27/h2-3,11,15-18H,4-10,12-14H2,1H3,(H,26,28). The van der Waals surface area contributed by atoms with E-state index >= 15 is 0 Å². The summed E-state index contributed by atoms with van der Waals surface area (Å²) in [7, 11) is 0. The average Bonchev–Trinajstić information content (AvgIpc) is 2.70. The summed E-state index contributed by atoms with van der Waals surface area (Å²) >= 11 is 6.10. The van der Waals surface area contributed by atoms with Gasteiger partial charge in [0, 0.05) is 23.9 Å². The van der Waals surface area contributed by atoms with Crippen LogP contribution in [0.5, 0.6) is 5.75 Å². The molecule has 6 heteroatoms. The number of amides is 2. The van der Waals surface area contributed by atoms with Gasteiger partial charge in [0.15, 0.2) is 0 Å². The van der Waals surface area contributed by atoms with Crippen molar-refractivity contribution in [2.75, 3.05) is 18.1 Å². The van der Waals surface area contributed by atoms with Gasteiger partial charge in [0.25, 0.3) is 0 Å². The van der Waals surface area contributed by atoms with Crippen LogP contribution in [0.4, 0.5) is 5.69 Å². The number of fused-ring (bicyclic) bond motifs is 1. The van der Waals surface area contributed by atoms with Crippen molar-refractivity contribution in [3.05, 3.63) is 23.2 Å². The van der Waals surface area contributed by atoms with E-state index in [1.165, 1.54) is 38.5 Å². The number of halogens is 1. The molecule has 4 bridgehead atoms. The SMILES string of the molecule is CC(NC(=O)CCC(=O)N1CCOc2ccc(Cl)cc21)C12CC3CC(CC(C3)C1)C2. The number of nitrogens with one attached hydrogen (secondary N) is 1. The lowest BCUT2D eigenvalue weighted by Gasteiger charge is -2.59. The van der Waals surface area contributed by atoms with Gasteiger partial charge in [0.2, 0.25) is 11.8 Å². The molecule has 5 nitrogen and oxygen atoms in total. The number of ether oxygens (including phenoxy) is 1. The number of nitrogens with zero attached hydrogens (tertiary/aromatic N) is 1. The Labute approximate surface area is 183 Å². The molecule has 0 saturated heterocycles. The first-order valence-corrected chi connectivity index (χ1v) is 11.8. The number of hydrogen-bond acceptors (Lipinski definition) is 3. The first-order chi connectivity index (χ1) is 14.4. The zero-order valence-electron chi connectivity index (χ0n) is 17.7. The Hall–Kier alpha value is -1.75. The van der Waals surface area contributed by atoms with E-state index in [9.17, 15) is 9.59 Å². The minimum absolute atomic E-state index is 0.00817. The van der Waals surface area contributed by atoms with Crippen LogP contribution in [0.15, 0.2) is 18.2 Å². The van der Waals surface area contributed by atoms with E-state index < -0.39 is 0 Å². The highest BCUT2D eigenvalue weighted by atomic mass is 35.5. The maximum Gasteiger partial charge on any atom is 0.227 e. The molecule has 4 aliphatic carbocycles. The number of carbonyl (C=O) groups excluding carboxylic acids is 2. The van der Waals surface area contributed by atoms with Gasteiger partial charge >= 0.3 is 0 Å². The van der Waals surface area contributed by atoms with Crippen LogP contribution in [0.2, 0.25) is 5.02 Å². The number of rotatable bonds is 5. The quantitative estimate of drug-likeness (QED) is 0.744. The lowest BCUT2D eigenvalue weighted by Crippen LogP contribution is -2.55. The second-order valence-electron chi connectivity index (χ2n) is 10.1. The van der Waals surface area contributed by atoms with Crippen LogP contribution in [0.1, 0.15) is 58.3 Å². The summed E-state index contributed by atoms with van der Waals surface area (Å²) in [6.07, 6.45) is 8.44. The molecule has 1 aromatic rings. The second-order valence-corrected chi connectivity index (χ2v) is 10.5. The Morgan fingerprint density at radius 1 is 1.17 bits per heavy atom. The summed E-state index contributed by atoms with van der Waals surface area (Å²) in [6, 6.07) is 5.49. The molecule has 2 amide bonds. The van der Waals surface area contributed by atoms with E-state index in [-0.39, 0.29) is 36.1 Å². The summed E-state index contributed by atoms with van der Waals surface area (Å²) < 4.78 is 5.62. The van der Waals surface area contributed by atoms with E-state index in [0.29, 0.717) is 29.6 Å². The van der Waals surface area contributed by atoms with Gasteiger partial charge < -0.3 is 15.0 Å². The van der Waals surface area contributed by atoms with Crippen molar-refractivity contribution in [2.24, 2.45) is 23.2 Å². The highest BCUT2D eigenvalue weighted by Crippen LogP contribution is 2.61. The van der Waals surface area contributed by atoms with Crippen molar-refractivity contribution in [1.29, 1.82) is 0 Å². The maximum atomic E-state index is 12.8. The summed E-state index contributed by atoms with van der Waals surface area (Å²) in [5, 5.41) is 3.84. The predicted molar refractivity (Wildman–Crippen MR) is 117 cm³/mol. The number of carbonyl (C=O) groups is 2. The molecule has 0 spiro atoms. The summed E-state index contributed by atoms with van der Waals surface area (Å²) in [4.78, 5) is 27.2. The lowest BCUT2D eigenvalue weighted by atomic mass is 9.48. The molecule has 30 heavy (non-hydrogen) atoms. The van der Waals surface area contributed by atoms with Crippen molar-refractivity contribution in [1.82, 2.24) is 5.32 Å². The first-order valence-electron chi connectivity index (χ1n) is 11.4. The van der Waals surface area contributed by atoms with Crippen LogP contribution in [-0.2, 0) is 9.59 Å². The zero-order valence-corrected chi connectivity index (χ0v) is 18.4. The highest BCUT2D eigenvalue weighted by molar-refractivity contribution is 6.31. The van der Waals surface area contributed by atoms with Gasteiger partial charge in [-0.15, -0.1) is 0 Å². The molecule has 1 aliphatic heterocycles. The summed E-state index contributed by atoms with van der Waals surface area (Å²) in [6.45, 7) is 3.13. The fourth-order valence-corrected chi connectivity index (χ4v) is 7.15. The van der Waals surface area contributed by atoms with E-state index in [2.05, 4.69) is 12.2 Å². The van der Waals surface area contributed by atoms with Gasteiger partial charge in [-0.3, -0.25) is 9.59 Å². The van der Waals surface area contributed by atoms with Crippen LogP contribution in [-0.4, -0.2) is 31.0 Å². The number of anilines is 1. The third-order valence-electron chi connectivity index (χ3n) is 8.03. The topological polar surface area (TPSA) is 58.6 Å². The molecule has 0 radical (unpaired) electrons. The molecule has 1 heterocycles. The largest absolute Gasteiger partial charge is 0.490 e. The van der Waals surface area contributed by atoms with Gasteiger partial charge in [0.05, 0.1) is 12.2 Å². The van der Waals surface area contributed by atoms with Crippen molar-refractivity contribution in [3.63, 3.8) is 0 Å². The Balaban J connectivity index is 1.17. The van der Waals surface area contributed by atoms with Crippen molar-refractivity contribution in [3.8, 4) is 5.75 Å². The third-order valence-corrected chi connectivity index (χ3v) is 8.27. The van der Waals surface area contributed by atoms with E-state index in [1.54, 1.807) is 23.1 Å². The summed E-state index contributed by atoms with van der Waals surface area (Å²) in [5.41, 5.74) is 0.981. The minimum Gasteiger partial charge on any atom is -0.490 e. The van der Waals surface area contributed by atoms with Crippen molar-refractivity contribution >= 4 is 29.1 Å². The molecule has 1 unspecified atom stereocenters. The normalized spacial score (nSPS) is 32.3. The Morgan fingerprint density at radius 3 is 2.50 bits per heavy atom. The number of benzene rings is 1. The van der Waals surface area contributed by atoms with Crippen LogP contribution >= 0.6 is 11.6 Å². The van der Waals surface area contributed by atoms with Crippen LogP contribution in [0, 0.1) is 23.2 Å². The van der Waals surface area contributed by atoms with Crippen LogP contribution in [0.3, 0.4) is 0 Å². The predicted octanol–water partition coefficient (Wildman–Crippen LogP) is 4.57. The Kier molecular flexibility index (Phi) is 5.20. The molecule has 1 atom stereocenters. The third kappa shape index (κ3) is 3.70. The first kappa shape index (κ1) is 20.2. The fourth-order valence-electron chi connectivity index (χ4n) is 6.98. The van der Waals surface area contributed by atoms with E-state index in [1.807, 2.05) is 0 Å². The van der Waals surface area contributed by atoms with Crippen LogP contribution < -0.4 is 15.0 Å². The van der Waals surface area contributed by atoms with Crippen molar-refractivity contribution in [2.45, 2.75) is 64.3 Å². The molecule has 6 rings (SSSR count). The van der Waals surface area contributed by atoms with Gasteiger partial charge in [-0.1, -0.05) is 11.6 Å². The molecule has 1 N–H and O–H groups in total. The Morgan fingerprint density at radius 2 is 1.83 bits per heavy atom. The second kappa shape index (κ2) is 7.74. The van der Waals surface area contributed by atoms with Gasteiger partial charge in [0.1, 0.15) is 12.4 Å². The minimum atomic E-state index is -0.0561. The fraction of sp³-hybridized carbons (Fsp3) is 0.667. The highest BCUT2D eigenvalue weighted by Gasteiger charge is 2.53. The molecule has 5 aliphatic rings. The molecular formula is C24H31ClN2O3. The van der Waals surface area contributed by atoms with Gasteiger partial charge in [-0.2, -0.15) is 0 Å². The Bertz CT molecular complexity index is 820. The zero-order chi connectivity index (χ0) is 20.9. The molecule has 1 aromatic carbocycles. The van der Waals surface area contributed by atoms with Gasteiger partial charge in [-0.25, -0.2) is 0 Å². The molecule has 0 aromatic heterocycles. The monoisotopic (exact) mass is 430 g/mol. The van der Waals surface area contributed by atoms with E-state index in [4.69, 9.17) is 16.3 Å². The molecule has 162 valence electrons. The average molecular weight is 431 g/mol. The maximum absolute atomic E-state index is 12.8. The summed E-state index contributed by atoms with van der Waals surface area (Å²) in [5.74, 6) is 3.20. The van der Waals surface area contributed by atoms with Crippen LogP contribution in [0.25, 0.3) is 0 Å².